The summed E-state index contributed by atoms with van der Waals surface area (Å²) < 4.78 is 0. The standard InChI is InChI=1S/C13H17N5O/c1-17-4-6-18(7-5-17)11-3-2-9(13(14)19)12-10(11)8-15-16-12/h2-3,8H,4-7H2,1H3,(H2,14,19)(H,15,16). The molecule has 1 amide bonds. The molecule has 1 aliphatic heterocycles. The minimum atomic E-state index is -0.431. The lowest BCUT2D eigenvalue weighted by atomic mass is 10.1. The molecule has 0 radical (unpaired) electrons. The average molecular weight is 259 g/mol. The first-order valence-electron chi connectivity index (χ1n) is 6.36. The number of nitrogens with two attached hydrogens (primary N) is 1. The molecule has 6 nitrogen and oxygen atoms in total. The second kappa shape index (κ2) is 4.55. The number of nitrogens with one attached hydrogen (secondary N) is 1. The van der Waals surface area contributed by atoms with Crippen molar-refractivity contribution in [2.75, 3.05) is 38.1 Å². The molecular weight excluding hydrogens is 242 g/mol. The summed E-state index contributed by atoms with van der Waals surface area (Å²) in [6.45, 7) is 4.03. The third-order valence-corrected chi connectivity index (χ3v) is 3.70. The highest BCUT2D eigenvalue weighted by Crippen LogP contribution is 2.28. The van der Waals surface area contributed by atoms with Gasteiger partial charge in [0.15, 0.2) is 0 Å². The molecule has 0 aliphatic carbocycles. The highest BCUT2D eigenvalue weighted by Gasteiger charge is 2.19. The van der Waals surface area contributed by atoms with Crippen molar-refractivity contribution in [3.8, 4) is 0 Å². The van der Waals surface area contributed by atoms with Crippen LogP contribution in [0.3, 0.4) is 0 Å². The number of primary amides is 1. The normalized spacial score (nSPS) is 17.0. The fourth-order valence-corrected chi connectivity index (χ4v) is 2.55. The van der Waals surface area contributed by atoms with Gasteiger partial charge in [0.25, 0.3) is 5.91 Å². The SMILES string of the molecule is CN1CCN(c2ccc(C(N)=O)c3[nH]ncc23)CC1. The number of rotatable bonds is 2. The zero-order valence-corrected chi connectivity index (χ0v) is 10.9. The van der Waals surface area contributed by atoms with Crippen LogP contribution in [0.25, 0.3) is 10.9 Å². The number of amides is 1. The van der Waals surface area contributed by atoms with Gasteiger partial charge < -0.3 is 15.5 Å². The molecule has 6 heteroatoms. The Morgan fingerprint density at radius 1 is 1.32 bits per heavy atom. The number of anilines is 1. The fraction of sp³-hybridized carbons (Fsp3) is 0.385. The van der Waals surface area contributed by atoms with E-state index in [4.69, 9.17) is 5.73 Å². The van der Waals surface area contributed by atoms with Crippen LogP contribution in [0.2, 0.25) is 0 Å². The Bertz CT molecular complexity index is 613. The van der Waals surface area contributed by atoms with E-state index in [-0.39, 0.29) is 0 Å². The number of carbonyl (C=O) groups excluding carboxylic acids is 1. The first kappa shape index (κ1) is 12.0. The largest absolute Gasteiger partial charge is 0.368 e. The minimum absolute atomic E-state index is 0.431. The van der Waals surface area contributed by atoms with Crippen LogP contribution in [0.5, 0.6) is 0 Å². The Morgan fingerprint density at radius 2 is 2.05 bits per heavy atom. The summed E-state index contributed by atoms with van der Waals surface area (Å²) in [6.07, 6.45) is 1.76. The van der Waals surface area contributed by atoms with Gasteiger partial charge in [-0.2, -0.15) is 5.10 Å². The second-order valence-corrected chi connectivity index (χ2v) is 4.95. The molecule has 0 spiro atoms. The zero-order chi connectivity index (χ0) is 13.4. The van der Waals surface area contributed by atoms with Crippen LogP contribution in [-0.4, -0.2) is 54.2 Å². The summed E-state index contributed by atoms with van der Waals surface area (Å²) in [6, 6.07) is 3.74. The molecule has 2 aromatic rings. The highest BCUT2D eigenvalue weighted by atomic mass is 16.1. The number of fused-ring (bicyclic) bond motifs is 1. The number of carbonyl (C=O) groups is 1. The summed E-state index contributed by atoms with van der Waals surface area (Å²) in [5.41, 5.74) is 7.71. The minimum Gasteiger partial charge on any atom is -0.368 e. The number of aromatic nitrogens is 2. The van der Waals surface area contributed by atoms with E-state index in [2.05, 4.69) is 27.0 Å². The predicted molar refractivity (Wildman–Crippen MR) is 74.3 cm³/mol. The fourth-order valence-electron chi connectivity index (χ4n) is 2.55. The predicted octanol–water partition coefficient (Wildman–Crippen LogP) is 0.414. The van der Waals surface area contributed by atoms with Crippen molar-refractivity contribution >= 4 is 22.5 Å². The Balaban J connectivity index is 2.03. The van der Waals surface area contributed by atoms with Gasteiger partial charge in [0.05, 0.1) is 17.3 Å². The number of benzene rings is 1. The monoisotopic (exact) mass is 259 g/mol. The maximum Gasteiger partial charge on any atom is 0.250 e. The maximum absolute atomic E-state index is 11.4. The molecule has 0 bridgehead atoms. The van der Waals surface area contributed by atoms with E-state index in [0.717, 1.165) is 42.8 Å². The molecule has 19 heavy (non-hydrogen) atoms. The second-order valence-electron chi connectivity index (χ2n) is 4.95. The van der Waals surface area contributed by atoms with Crippen LogP contribution < -0.4 is 10.6 Å². The molecule has 1 fully saturated rings. The van der Waals surface area contributed by atoms with Crippen molar-refractivity contribution in [2.24, 2.45) is 5.73 Å². The number of likely N-dealkylation sites (N-methyl/N-ethyl adjacent to an activating group) is 1. The third kappa shape index (κ3) is 2.04. The van der Waals surface area contributed by atoms with Gasteiger partial charge in [-0.05, 0) is 19.2 Å². The lowest BCUT2D eigenvalue weighted by Gasteiger charge is -2.34. The van der Waals surface area contributed by atoms with Crippen LogP contribution in [0, 0.1) is 0 Å². The van der Waals surface area contributed by atoms with Crippen molar-refractivity contribution in [2.45, 2.75) is 0 Å². The van der Waals surface area contributed by atoms with Gasteiger partial charge in [0, 0.05) is 37.3 Å². The Labute approximate surface area is 111 Å². The summed E-state index contributed by atoms with van der Waals surface area (Å²) in [4.78, 5) is 16.0. The van der Waals surface area contributed by atoms with E-state index in [1.165, 1.54) is 0 Å². The smallest absolute Gasteiger partial charge is 0.250 e. The van der Waals surface area contributed by atoms with Crippen molar-refractivity contribution < 1.29 is 4.79 Å². The van der Waals surface area contributed by atoms with Gasteiger partial charge in [-0.15, -0.1) is 0 Å². The van der Waals surface area contributed by atoms with E-state index < -0.39 is 5.91 Å². The number of H-pyrrole nitrogens is 1. The molecule has 100 valence electrons. The maximum atomic E-state index is 11.4. The van der Waals surface area contributed by atoms with E-state index in [9.17, 15) is 4.79 Å². The van der Waals surface area contributed by atoms with E-state index >= 15 is 0 Å². The molecule has 0 saturated carbocycles. The summed E-state index contributed by atoms with van der Waals surface area (Å²) in [5.74, 6) is -0.431. The molecule has 3 N–H and O–H groups in total. The van der Waals surface area contributed by atoms with Crippen LogP contribution in [0.1, 0.15) is 10.4 Å². The Kier molecular flexibility index (Phi) is 2.87. The van der Waals surface area contributed by atoms with Gasteiger partial charge in [-0.3, -0.25) is 9.89 Å². The number of hydrogen-bond donors (Lipinski definition) is 2. The summed E-state index contributed by atoms with van der Waals surface area (Å²) in [7, 11) is 2.13. The third-order valence-electron chi connectivity index (χ3n) is 3.70. The Hall–Kier alpha value is -2.08. The lowest BCUT2D eigenvalue weighted by Crippen LogP contribution is -2.44. The van der Waals surface area contributed by atoms with Gasteiger partial charge in [-0.25, -0.2) is 0 Å². The van der Waals surface area contributed by atoms with Crippen molar-refractivity contribution in [1.29, 1.82) is 0 Å². The van der Waals surface area contributed by atoms with E-state index in [1.807, 2.05) is 6.07 Å². The molecule has 1 aromatic carbocycles. The summed E-state index contributed by atoms with van der Waals surface area (Å²) >= 11 is 0. The van der Waals surface area contributed by atoms with Crippen molar-refractivity contribution in [3.63, 3.8) is 0 Å². The van der Waals surface area contributed by atoms with Gasteiger partial charge in [0.1, 0.15) is 0 Å². The molecule has 1 aliphatic rings. The van der Waals surface area contributed by atoms with Crippen LogP contribution in [0.15, 0.2) is 18.3 Å². The number of hydrogen-bond acceptors (Lipinski definition) is 4. The molecular formula is C13H17N5O. The topological polar surface area (TPSA) is 78.2 Å². The van der Waals surface area contributed by atoms with E-state index in [0.29, 0.717) is 5.56 Å². The summed E-state index contributed by atoms with van der Waals surface area (Å²) in [5, 5.41) is 7.87. The van der Waals surface area contributed by atoms with Crippen molar-refractivity contribution in [3.05, 3.63) is 23.9 Å². The molecule has 3 rings (SSSR count). The average Bonchev–Trinajstić information content (AvgIpc) is 2.87. The zero-order valence-electron chi connectivity index (χ0n) is 10.9. The highest BCUT2D eigenvalue weighted by molar-refractivity contribution is 6.08. The first-order valence-corrected chi connectivity index (χ1v) is 6.36. The number of nitrogens with zero attached hydrogens (tertiary/aromatic N) is 3. The molecule has 1 saturated heterocycles. The van der Waals surface area contributed by atoms with Crippen LogP contribution >= 0.6 is 0 Å². The lowest BCUT2D eigenvalue weighted by molar-refractivity contribution is 0.100. The van der Waals surface area contributed by atoms with Gasteiger partial charge in [-0.1, -0.05) is 0 Å². The van der Waals surface area contributed by atoms with Crippen molar-refractivity contribution in [1.82, 2.24) is 15.1 Å². The van der Waals surface area contributed by atoms with Crippen LogP contribution in [0.4, 0.5) is 5.69 Å². The number of aromatic amines is 1. The molecule has 0 unspecified atom stereocenters. The quantitative estimate of drug-likeness (QED) is 0.819. The first-order chi connectivity index (χ1) is 9.16. The molecule has 2 heterocycles. The van der Waals surface area contributed by atoms with Gasteiger partial charge >= 0.3 is 0 Å². The van der Waals surface area contributed by atoms with Gasteiger partial charge in [0.2, 0.25) is 0 Å². The van der Waals surface area contributed by atoms with Crippen LogP contribution in [-0.2, 0) is 0 Å². The molecule has 0 atom stereocenters. The molecule has 1 aromatic heterocycles. The Morgan fingerprint density at radius 3 is 2.74 bits per heavy atom. The van der Waals surface area contributed by atoms with E-state index in [1.54, 1.807) is 12.3 Å². The number of piperazine rings is 1.